The lowest BCUT2D eigenvalue weighted by Crippen LogP contribution is -2.52. The van der Waals surface area contributed by atoms with Gasteiger partial charge in [-0.1, -0.05) is 27.7 Å². The van der Waals surface area contributed by atoms with Crippen molar-refractivity contribution in [2.45, 2.75) is 59.5 Å². The highest BCUT2D eigenvalue weighted by atomic mass is 32.2. The van der Waals surface area contributed by atoms with E-state index in [1.807, 2.05) is 0 Å². The molecular weight excluding hydrogens is 440 g/mol. The van der Waals surface area contributed by atoms with E-state index in [4.69, 9.17) is 19.2 Å². The van der Waals surface area contributed by atoms with E-state index in [0.717, 1.165) is 0 Å². The van der Waals surface area contributed by atoms with Gasteiger partial charge in [-0.3, -0.25) is 13.5 Å². The van der Waals surface area contributed by atoms with Crippen molar-refractivity contribution in [3.05, 3.63) is 0 Å². The highest BCUT2D eigenvalue weighted by Crippen LogP contribution is 2.25. The van der Waals surface area contributed by atoms with E-state index < -0.39 is 61.1 Å². The molecule has 0 aromatic rings. The highest BCUT2D eigenvalue weighted by molar-refractivity contribution is 7.87. The Kier molecular flexibility index (Phi) is 11.4. The Labute approximate surface area is 178 Å². The monoisotopic (exact) mass is 474 g/mol. The van der Waals surface area contributed by atoms with Crippen molar-refractivity contribution >= 4 is 32.1 Å². The van der Waals surface area contributed by atoms with E-state index in [0.29, 0.717) is 0 Å². The molecule has 0 spiro atoms. The first-order valence-electron chi connectivity index (χ1n) is 9.54. The van der Waals surface area contributed by atoms with Gasteiger partial charge >= 0.3 is 5.97 Å². The molecule has 0 bridgehead atoms. The number of hydrogen-bond acceptors (Lipinski definition) is 9. The van der Waals surface area contributed by atoms with E-state index in [9.17, 15) is 26.4 Å². The van der Waals surface area contributed by atoms with E-state index in [1.165, 1.54) is 0 Å². The van der Waals surface area contributed by atoms with Gasteiger partial charge in [0, 0.05) is 0 Å². The third-order valence-corrected chi connectivity index (χ3v) is 6.16. The molecule has 30 heavy (non-hydrogen) atoms. The number of rotatable bonds is 14. The summed E-state index contributed by atoms with van der Waals surface area (Å²) in [4.78, 5) is 24.5. The second kappa shape index (κ2) is 11.9. The summed E-state index contributed by atoms with van der Waals surface area (Å²) >= 11 is 0. The first-order valence-corrected chi connectivity index (χ1v) is 12.7. The Hall–Kier alpha value is -1.28. The number of amides is 1. The van der Waals surface area contributed by atoms with Crippen LogP contribution in [0.4, 0.5) is 0 Å². The van der Waals surface area contributed by atoms with Crippen molar-refractivity contribution in [3.8, 4) is 0 Å². The van der Waals surface area contributed by atoms with Crippen LogP contribution >= 0.6 is 0 Å². The Morgan fingerprint density at radius 2 is 1.70 bits per heavy atom. The van der Waals surface area contributed by atoms with Crippen LogP contribution in [0.25, 0.3) is 0 Å². The molecule has 1 amide bonds. The average molecular weight is 475 g/mol. The maximum Gasteiger partial charge on any atom is 0.328 e. The fourth-order valence-electron chi connectivity index (χ4n) is 2.34. The SMILES string of the molecule is CCOC(=O)[C@@H](CC(C)(C)COS(=O)(=O)CCCS(=O)(=O)O)NC(=O)[C@@H](N)C(C)C. The van der Waals surface area contributed by atoms with Crippen LogP contribution in [0.1, 0.15) is 47.5 Å². The van der Waals surface area contributed by atoms with Crippen LogP contribution in [0.15, 0.2) is 0 Å². The molecule has 2 atom stereocenters. The summed E-state index contributed by atoms with van der Waals surface area (Å²) < 4.78 is 63.9. The molecule has 0 rings (SSSR count). The summed E-state index contributed by atoms with van der Waals surface area (Å²) in [6.07, 6.45) is -0.306. The van der Waals surface area contributed by atoms with Gasteiger partial charge in [-0.2, -0.15) is 16.8 Å². The van der Waals surface area contributed by atoms with Gasteiger partial charge in [0.15, 0.2) is 0 Å². The molecule has 0 saturated heterocycles. The molecule has 0 aliphatic heterocycles. The number of hydrogen-bond donors (Lipinski definition) is 3. The molecule has 178 valence electrons. The van der Waals surface area contributed by atoms with Gasteiger partial charge in [-0.15, -0.1) is 0 Å². The largest absolute Gasteiger partial charge is 0.464 e. The van der Waals surface area contributed by atoms with Gasteiger partial charge < -0.3 is 15.8 Å². The maximum atomic E-state index is 12.3. The average Bonchev–Trinajstić information content (AvgIpc) is 2.57. The molecular formula is C17H34N2O9S2. The number of nitrogens with one attached hydrogen (secondary N) is 1. The van der Waals surface area contributed by atoms with Crippen LogP contribution in [0.5, 0.6) is 0 Å². The predicted octanol–water partition coefficient (Wildman–Crippen LogP) is 0.0582. The van der Waals surface area contributed by atoms with Crippen LogP contribution in [0.2, 0.25) is 0 Å². The zero-order valence-electron chi connectivity index (χ0n) is 18.1. The van der Waals surface area contributed by atoms with E-state index in [2.05, 4.69) is 5.32 Å². The number of esters is 1. The van der Waals surface area contributed by atoms with E-state index >= 15 is 0 Å². The quantitative estimate of drug-likeness (QED) is 0.177. The molecule has 0 unspecified atom stereocenters. The molecule has 4 N–H and O–H groups in total. The van der Waals surface area contributed by atoms with Crippen molar-refractivity contribution in [1.82, 2.24) is 5.32 Å². The smallest absolute Gasteiger partial charge is 0.328 e. The van der Waals surface area contributed by atoms with Crippen molar-refractivity contribution in [3.63, 3.8) is 0 Å². The fraction of sp³-hybridized carbons (Fsp3) is 0.882. The summed E-state index contributed by atoms with van der Waals surface area (Å²) in [6.45, 7) is 8.19. The minimum absolute atomic E-state index is 0.0168. The van der Waals surface area contributed by atoms with Crippen LogP contribution in [-0.2, 0) is 38.7 Å². The first kappa shape index (κ1) is 28.7. The first-order chi connectivity index (χ1) is 13.5. The molecule has 0 aliphatic rings. The Balaban J connectivity index is 5.06. The molecule has 0 heterocycles. The molecule has 0 radical (unpaired) electrons. The number of carbonyl (C=O) groups excluding carboxylic acids is 2. The Morgan fingerprint density at radius 1 is 1.13 bits per heavy atom. The summed E-state index contributed by atoms with van der Waals surface area (Å²) in [5.41, 5.74) is 4.94. The van der Waals surface area contributed by atoms with Crippen molar-refractivity contribution < 1.29 is 39.9 Å². The Bertz CT molecular complexity index is 777. The van der Waals surface area contributed by atoms with Gasteiger partial charge in [0.25, 0.3) is 20.2 Å². The standard InChI is InChI=1S/C17H34N2O9S2/c1-6-27-16(21)13(19-15(20)14(18)12(2)3)10-17(4,5)11-28-30(25,26)9-7-8-29(22,23)24/h12-14H,6-11,18H2,1-5H3,(H,19,20)(H,22,23,24)/t13-,14+/m1/s1. The third-order valence-electron chi connectivity index (χ3n) is 4.09. The van der Waals surface area contributed by atoms with Crippen LogP contribution in [0.3, 0.4) is 0 Å². The zero-order chi connectivity index (χ0) is 23.8. The summed E-state index contributed by atoms with van der Waals surface area (Å²) in [7, 11) is -8.32. The molecule has 0 saturated carbocycles. The lowest BCUT2D eigenvalue weighted by molar-refractivity contribution is -0.148. The number of ether oxygens (including phenoxy) is 1. The van der Waals surface area contributed by atoms with Gasteiger partial charge in [0.1, 0.15) is 6.04 Å². The van der Waals surface area contributed by atoms with Crippen LogP contribution in [-0.4, -0.2) is 70.1 Å². The van der Waals surface area contributed by atoms with Gasteiger partial charge in [-0.25, -0.2) is 4.79 Å². The number of carbonyl (C=O) groups is 2. The second-order valence-corrected chi connectivity index (χ2v) is 11.4. The van der Waals surface area contributed by atoms with E-state index in [-0.39, 0.29) is 32.0 Å². The van der Waals surface area contributed by atoms with Gasteiger partial charge in [0.2, 0.25) is 5.91 Å². The molecule has 0 aromatic heterocycles. The second-order valence-electron chi connectivity index (χ2n) is 8.11. The highest BCUT2D eigenvalue weighted by Gasteiger charge is 2.33. The molecule has 13 heteroatoms. The summed E-state index contributed by atoms with van der Waals surface area (Å²) in [5.74, 6) is -2.66. The van der Waals surface area contributed by atoms with Crippen LogP contribution < -0.4 is 11.1 Å². The summed E-state index contributed by atoms with van der Waals surface area (Å²) in [5, 5.41) is 2.55. The minimum Gasteiger partial charge on any atom is -0.464 e. The van der Waals surface area contributed by atoms with Crippen molar-refractivity contribution in [1.29, 1.82) is 0 Å². The molecule has 0 aromatic carbocycles. The third kappa shape index (κ3) is 12.4. The molecule has 0 fully saturated rings. The topological polar surface area (TPSA) is 179 Å². The van der Waals surface area contributed by atoms with Gasteiger partial charge in [0.05, 0.1) is 30.8 Å². The maximum absolute atomic E-state index is 12.3. The Morgan fingerprint density at radius 3 is 2.17 bits per heavy atom. The van der Waals surface area contributed by atoms with Crippen LogP contribution in [0, 0.1) is 11.3 Å². The lowest BCUT2D eigenvalue weighted by atomic mass is 9.86. The fourth-order valence-corrected chi connectivity index (χ4v) is 4.15. The molecule has 11 nitrogen and oxygen atoms in total. The van der Waals surface area contributed by atoms with Crippen molar-refractivity contribution in [2.24, 2.45) is 17.1 Å². The van der Waals surface area contributed by atoms with Gasteiger partial charge in [-0.05, 0) is 31.1 Å². The normalized spacial score (nSPS) is 14.9. The lowest BCUT2D eigenvalue weighted by Gasteiger charge is -2.29. The van der Waals surface area contributed by atoms with Crippen molar-refractivity contribution in [2.75, 3.05) is 24.7 Å². The summed E-state index contributed by atoms with van der Waals surface area (Å²) in [6, 6.07) is -1.88. The zero-order valence-corrected chi connectivity index (χ0v) is 19.7. The predicted molar refractivity (Wildman–Crippen MR) is 111 cm³/mol. The van der Waals surface area contributed by atoms with E-state index in [1.54, 1.807) is 34.6 Å². The minimum atomic E-state index is -4.27. The molecule has 0 aliphatic carbocycles. The number of nitrogens with two attached hydrogens (primary N) is 1.